The number of hydrogen-bond donors (Lipinski definition) is 1. The minimum atomic E-state index is -0.152. The van der Waals surface area contributed by atoms with Gasteiger partial charge in [-0.05, 0) is 19.0 Å². The number of piperazine rings is 1. The molecular formula is C15H20N2O2S. The van der Waals surface area contributed by atoms with Gasteiger partial charge in [0.25, 0.3) is 5.91 Å². The fraction of sp³-hybridized carbons (Fsp3) is 0.533. The van der Waals surface area contributed by atoms with E-state index in [9.17, 15) is 4.79 Å². The van der Waals surface area contributed by atoms with Crippen LogP contribution in [0.25, 0.3) is 0 Å². The second-order valence-corrected chi connectivity index (χ2v) is 5.70. The van der Waals surface area contributed by atoms with Gasteiger partial charge in [0.2, 0.25) is 0 Å². The van der Waals surface area contributed by atoms with Crippen LogP contribution in [0.5, 0.6) is 0 Å². The van der Waals surface area contributed by atoms with Crippen molar-refractivity contribution in [1.29, 1.82) is 0 Å². The minimum Gasteiger partial charge on any atom is -0.384 e. The molecule has 1 aromatic heterocycles. The molecule has 2 rings (SSSR count). The first kappa shape index (κ1) is 15.0. The molecule has 0 aliphatic carbocycles. The third kappa shape index (κ3) is 3.83. The minimum absolute atomic E-state index is 0.0921. The number of thiophene rings is 1. The lowest BCUT2D eigenvalue weighted by molar-refractivity contribution is 0.0638. The maximum absolute atomic E-state index is 12.4. The van der Waals surface area contributed by atoms with Crippen LogP contribution in [-0.2, 0) is 0 Å². The van der Waals surface area contributed by atoms with Gasteiger partial charge >= 0.3 is 0 Å². The molecule has 0 bridgehead atoms. The number of carbonyl (C=O) groups excluding carboxylic acids is 1. The fourth-order valence-corrected chi connectivity index (χ4v) is 3.06. The zero-order chi connectivity index (χ0) is 14.4. The Bertz CT molecular complexity index is 507. The molecule has 1 saturated heterocycles. The van der Waals surface area contributed by atoms with Gasteiger partial charge in [-0.15, -0.1) is 11.3 Å². The van der Waals surface area contributed by atoms with Crippen LogP contribution in [-0.4, -0.2) is 60.1 Å². The zero-order valence-electron chi connectivity index (χ0n) is 11.8. The second-order valence-electron chi connectivity index (χ2n) is 4.79. The van der Waals surface area contributed by atoms with E-state index >= 15 is 0 Å². The largest absolute Gasteiger partial charge is 0.384 e. The van der Waals surface area contributed by atoms with Crippen LogP contribution >= 0.6 is 11.3 Å². The molecule has 0 saturated carbocycles. The first-order valence-corrected chi connectivity index (χ1v) is 7.82. The lowest BCUT2D eigenvalue weighted by Gasteiger charge is -2.34. The third-order valence-electron chi connectivity index (χ3n) is 3.34. The van der Waals surface area contributed by atoms with Crippen molar-refractivity contribution in [2.45, 2.75) is 13.3 Å². The summed E-state index contributed by atoms with van der Waals surface area (Å²) < 4.78 is 0. The third-order valence-corrected chi connectivity index (χ3v) is 4.18. The van der Waals surface area contributed by atoms with Crippen LogP contribution in [0.3, 0.4) is 0 Å². The van der Waals surface area contributed by atoms with E-state index in [1.54, 1.807) is 0 Å². The summed E-state index contributed by atoms with van der Waals surface area (Å²) in [7, 11) is 0. The van der Waals surface area contributed by atoms with Gasteiger partial charge in [-0.1, -0.05) is 18.8 Å². The molecule has 1 aromatic rings. The predicted octanol–water partition coefficient (Wildman–Crippen LogP) is 1.26. The summed E-state index contributed by atoms with van der Waals surface area (Å²) in [6.45, 7) is 6.65. The Morgan fingerprint density at radius 3 is 2.80 bits per heavy atom. The highest BCUT2D eigenvalue weighted by Gasteiger charge is 2.22. The Morgan fingerprint density at radius 1 is 1.40 bits per heavy atom. The van der Waals surface area contributed by atoms with Crippen molar-refractivity contribution in [2.24, 2.45) is 0 Å². The van der Waals surface area contributed by atoms with Crippen LogP contribution in [0.15, 0.2) is 11.4 Å². The molecule has 1 N–H and O–H groups in total. The maximum atomic E-state index is 12.4. The Morgan fingerprint density at radius 2 is 2.15 bits per heavy atom. The molecule has 0 spiro atoms. The molecule has 1 aliphatic rings. The summed E-state index contributed by atoms with van der Waals surface area (Å²) in [6.07, 6.45) is 1.16. The average molecular weight is 292 g/mol. The highest BCUT2D eigenvalue weighted by molar-refractivity contribution is 7.10. The van der Waals surface area contributed by atoms with E-state index in [4.69, 9.17) is 5.11 Å². The van der Waals surface area contributed by atoms with Crippen molar-refractivity contribution in [2.75, 3.05) is 39.3 Å². The molecule has 0 unspecified atom stereocenters. The molecule has 0 aromatic carbocycles. The number of rotatable bonds is 3. The Hall–Kier alpha value is -1.35. The number of amides is 1. The lowest BCUT2D eigenvalue weighted by Crippen LogP contribution is -2.48. The molecule has 108 valence electrons. The summed E-state index contributed by atoms with van der Waals surface area (Å²) in [5.74, 6) is 5.53. The summed E-state index contributed by atoms with van der Waals surface area (Å²) in [6, 6.07) is 1.81. The summed E-state index contributed by atoms with van der Waals surface area (Å²) in [4.78, 5) is 17.5. The number of aliphatic hydroxyl groups is 1. The topological polar surface area (TPSA) is 43.8 Å². The van der Waals surface area contributed by atoms with E-state index in [2.05, 4.69) is 23.7 Å². The highest BCUT2D eigenvalue weighted by Crippen LogP contribution is 2.16. The molecule has 1 aliphatic heterocycles. The monoisotopic (exact) mass is 292 g/mol. The van der Waals surface area contributed by atoms with E-state index in [-0.39, 0.29) is 12.5 Å². The van der Waals surface area contributed by atoms with Gasteiger partial charge in [0, 0.05) is 31.6 Å². The van der Waals surface area contributed by atoms with E-state index in [0.717, 1.165) is 44.0 Å². The standard InChI is InChI=1S/C15H20N2O2S/c1-2-5-16-6-8-17(9-7-16)15(19)13-11-14(20-12-13)4-3-10-18/h11-12,18H,2,5-10H2,1H3. The lowest BCUT2D eigenvalue weighted by atomic mass is 10.2. The number of nitrogens with zero attached hydrogens (tertiary/aromatic N) is 2. The molecule has 20 heavy (non-hydrogen) atoms. The Kier molecular flexibility index (Phi) is 5.60. The van der Waals surface area contributed by atoms with Gasteiger partial charge < -0.3 is 10.0 Å². The molecule has 1 fully saturated rings. The van der Waals surface area contributed by atoms with E-state index in [0.29, 0.717) is 5.56 Å². The van der Waals surface area contributed by atoms with Crippen molar-refractivity contribution in [1.82, 2.24) is 9.80 Å². The predicted molar refractivity (Wildman–Crippen MR) is 80.9 cm³/mol. The average Bonchev–Trinajstić information content (AvgIpc) is 2.94. The molecular weight excluding hydrogens is 272 g/mol. The first-order valence-electron chi connectivity index (χ1n) is 6.94. The van der Waals surface area contributed by atoms with Gasteiger partial charge in [0.15, 0.2) is 0 Å². The fourth-order valence-electron chi connectivity index (χ4n) is 2.31. The number of aliphatic hydroxyl groups excluding tert-OH is 1. The summed E-state index contributed by atoms with van der Waals surface area (Å²) in [5, 5.41) is 10.5. The molecule has 0 atom stereocenters. The van der Waals surface area contributed by atoms with Gasteiger partial charge in [-0.3, -0.25) is 9.69 Å². The van der Waals surface area contributed by atoms with E-state index < -0.39 is 0 Å². The molecule has 1 amide bonds. The quantitative estimate of drug-likeness (QED) is 0.853. The summed E-state index contributed by atoms with van der Waals surface area (Å²) in [5.41, 5.74) is 0.709. The Balaban J connectivity index is 1.93. The van der Waals surface area contributed by atoms with Crippen molar-refractivity contribution < 1.29 is 9.90 Å². The van der Waals surface area contributed by atoms with Crippen LogP contribution < -0.4 is 0 Å². The normalized spacial score (nSPS) is 15.8. The number of hydrogen-bond acceptors (Lipinski definition) is 4. The molecule has 5 heteroatoms. The summed E-state index contributed by atoms with van der Waals surface area (Å²) >= 11 is 1.45. The number of carbonyl (C=O) groups is 1. The van der Waals surface area contributed by atoms with Crippen LogP contribution in [0.4, 0.5) is 0 Å². The van der Waals surface area contributed by atoms with Crippen molar-refractivity contribution in [3.8, 4) is 11.8 Å². The van der Waals surface area contributed by atoms with Crippen LogP contribution in [0, 0.1) is 11.8 Å². The van der Waals surface area contributed by atoms with Crippen molar-refractivity contribution in [3.05, 3.63) is 21.9 Å². The first-order chi connectivity index (χ1) is 9.74. The van der Waals surface area contributed by atoms with Gasteiger partial charge in [0.1, 0.15) is 6.61 Å². The van der Waals surface area contributed by atoms with Crippen molar-refractivity contribution >= 4 is 17.2 Å². The molecule has 4 nitrogen and oxygen atoms in total. The van der Waals surface area contributed by atoms with Crippen LogP contribution in [0.1, 0.15) is 28.6 Å². The van der Waals surface area contributed by atoms with Gasteiger partial charge in [-0.25, -0.2) is 0 Å². The highest BCUT2D eigenvalue weighted by atomic mass is 32.1. The second kappa shape index (κ2) is 7.44. The SMILES string of the molecule is CCCN1CCN(C(=O)c2csc(C#CCO)c2)CC1. The smallest absolute Gasteiger partial charge is 0.254 e. The van der Waals surface area contributed by atoms with Crippen molar-refractivity contribution in [3.63, 3.8) is 0 Å². The van der Waals surface area contributed by atoms with Gasteiger partial charge in [-0.2, -0.15) is 0 Å². The van der Waals surface area contributed by atoms with E-state index in [1.807, 2.05) is 16.3 Å². The maximum Gasteiger partial charge on any atom is 0.254 e. The van der Waals surface area contributed by atoms with E-state index in [1.165, 1.54) is 11.3 Å². The molecule has 2 heterocycles. The Labute approximate surface area is 124 Å². The van der Waals surface area contributed by atoms with Gasteiger partial charge in [0.05, 0.1) is 10.4 Å². The molecule has 0 radical (unpaired) electrons. The zero-order valence-corrected chi connectivity index (χ0v) is 12.6. The van der Waals surface area contributed by atoms with Crippen LogP contribution in [0.2, 0.25) is 0 Å².